The van der Waals surface area contributed by atoms with Gasteiger partial charge in [-0.25, -0.2) is 13.8 Å². The standard InChI is InChI=1S/C11H11BrClF2NO2/c1-2-18-9(17)4-6-3-7(11(14)15)10(12)16-8(6)5-13/h3,11H,2,4-5H2,1H3. The van der Waals surface area contributed by atoms with Gasteiger partial charge in [0.2, 0.25) is 0 Å². The minimum Gasteiger partial charge on any atom is -0.466 e. The van der Waals surface area contributed by atoms with E-state index < -0.39 is 12.4 Å². The summed E-state index contributed by atoms with van der Waals surface area (Å²) in [5.74, 6) is -0.454. The van der Waals surface area contributed by atoms with E-state index in [0.29, 0.717) is 11.3 Å². The van der Waals surface area contributed by atoms with Crippen LogP contribution in [0.3, 0.4) is 0 Å². The van der Waals surface area contributed by atoms with Gasteiger partial charge in [0.05, 0.1) is 30.2 Å². The highest BCUT2D eigenvalue weighted by molar-refractivity contribution is 9.10. The number of ether oxygens (including phenoxy) is 1. The Hall–Kier alpha value is -0.750. The van der Waals surface area contributed by atoms with E-state index in [1.165, 1.54) is 6.07 Å². The van der Waals surface area contributed by atoms with Gasteiger partial charge in [-0.2, -0.15) is 0 Å². The first-order chi connectivity index (χ1) is 8.49. The van der Waals surface area contributed by atoms with Gasteiger partial charge in [0.1, 0.15) is 4.60 Å². The maximum atomic E-state index is 12.7. The molecule has 7 heteroatoms. The Bertz CT molecular complexity index is 443. The molecule has 1 heterocycles. The summed E-state index contributed by atoms with van der Waals surface area (Å²) in [5.41, 5.74) is 0.492. The molecular formula is C11H11BrClF2NO2. The monoisotopic (exact) mass is 341 g/mol. The van der Waals surface area contributed by atoms with Gasteiger partial charge in [0.25, 0.3) is 6.43 Å². The normalized spacial score (nSPS) is 10.8. The van der Waals surface area contributed by atoms with Crippen molar-refractivity contribution in [2.45, 2.75) is 25.7 Å². The summed E-state index contributed by atoms with van der Waals surface area (Å²) in [6.45, 7) is 1.91. The number of nitrogens with zero attached hydrogens (tertiary/aromatic N) is 1. The lowest BCUT2D eigenvalue weighted by atomic mass is 10.1. The maximum absolute atomic E-state index is 12.7. The van der Waals surface area contributed by atoms with Gasteiger partial charge >= 0.3 is 5.97 Å². The van der Waals surface area contributed by atoms with E-state index in [1.54, 1.807) is 6.92 Å². The van der Waals surface area contributed by atoms with Crippen LogP contribution < -0.4 is 0 Å². The number of carbonyl (C=O) groups is 1. The zero-order valence-electron chi connectivity index (χ0n) is 9.55. The van der Waals surface area contributed by atoms with Crippen LogP contribution in [0.4, 0.5) is 8.78 Å². The zero-order chi connectivity index (χ0) is 13.7. The first kappa shape index (κ1) is 15.3. The largest absolute Gasteiger partial charge is 0.466 e. The summed E-state index contributed by atoms with van der Waals surface area (Å²) in [4.78, 5) is 15.3. The fourth-order valence-electron chi connectivity index (χ4n) is 1.37. The van der Waals surface area contributed by atoms with Crippen molar-refractivity contribution >= 4 is 33.5 Å². The van der Waals surface area contributed by atoms with Gasteiger partial charge in [0, 0.05) is 0 Å². The molecule has 18 heavy (non-hydrogen) atoms. The van der Waals surface area contributed by atoms with E-state index in [9.17, 15) is 13.6 Å². The molecule has 0 aliphatic rings. The van der Waals surface area contributed by atoms with Crippen LogP contribution in [0.25, 0.3) is 0 Å². The highest BCUT2D eigenvalue weighted by Crippen LogP contribution is 2.28. The Balaban J connectivity index is 3.08. The maximum Gasteiger partial charge on any atom is 0.310 e. The molecule has 1 aromatic rings. The molecule has 1 rings (SSSR count). The predicted molar refractivity (Wildman–Crippen MR) is 66.8 cm³/mol. The van der Waals surface area contributed by atoms with Crippen LogP contribution in [0.2, 0.25) is 0 Å². The van der Waals surface area contributed by atoms with Crippen LogP contribution in [0.1, 0.15) is 30.2 Å². The Labute approximate surface area is 117 Å². The molecule has 0 amide bonds. The molecule has 0 bridgehead atoms. The van der Waals surface area contributed by atoms with Crippen molar-refractivity contribution in [1.82, 2.24) is 4.98 Å². The fraction of sp³-hybridized carbons (Fsp3) is 0.455. The third-order valence-corrected chi connectivity index (χ3v) is 3.06. The lowest BCUT2D eigenvalue weighted by Crippen LogP contribution is -2.11. The lowest BCUT2D eigenvalue weighted by Gasteiger charge is -2.10. The van der Waals surface area contributed by atoms with E-state index in [2.05, 4.69) is 20.9 Å². The van der Waals surface area contributed by atoms with Crippen molar-refractivity contribution in [2.75, 3.05) is 6.61 Å². The summed E-state index contributed by atoms with van der Waals surface area (Å²) >= 11 is 8.63. The van der Waals surface area contributed by atoms with Gasteiger partial charge in [-0.15, -0.1) is 11.6 Å². The second-order valence-electron chi connectivity index (χ2n) is 3.39. The number of aromatic nitrogens is 1. The van der Waals surface area contributed by atoms with E-state index in [0.717, 1.165) is 0 Å². The smallest absolute Gasteiger partial charge is 0.310 e. The van der Waals surface area contributed by atoms with Crippen molar-refractivity contribution in [3.05, 3.63) is 27.5 Å². The molecule has 0 saturated heterocycles. The molecule has 3 nitrogen and oxygen atoms in total. The molecule has 0 unspecified atom stereocenters. The Kier molecular flexibility index (Phi) is 5.95. The molecule has 100 valence electrons. The number of hydrogen-bond donors (Lipinski definition) is 0. The molecule has 0 N–H and O–H groups in total. The Morgan fingerprint density at radius 2 is 2.28 bits per heavy atom. The molecule has 0 atom stereocenters. The number of hydrogen-bond acceptors (Lipinski definition) is 3. The SMILES string of the molecule is CCOC(=O)Cc1cc(C(F)F)c(Br)nc1CCl. The molecule has 0 aliphatic heterocycles. The van der Waals surface area contributed by atoms with Crippen LogP contribution >= 0.6 is 27.5 Å². The van der Waals surface area contributed by atoms with Gasteiger partial charge in [-0.1, -0.05) is 0 Å². The molecule has 1 aromatic heterocycles. The van der Waals surface area contributed by atoms with Crippen LogP contribution in [0, 0.1) is 0 Å². The van der Waals surface area contributed by atoms with Crippen LogP contribution in [-0.2, 0) is 21.8 Å². The average molecular weight is 343 g/mol. The number of carbonyl (C=O) groups excluding carboxylic acids is 1. The highest BCUT2D eigenvalue weighted by atomic mass is 79.9. The van der Waals surface area contributed by atoms with Gasteiger partial charge in [0.15, 0.2) is 0 Å². The number of halogens is 4. The summed E-state index contributed by atoms with van der Waals surface area (Å²) in [6.07, 6.45) is -2.78. The summed E-state index contributed by atoms with van der Waals surface area (Å²) in [7, 11) is 0. The molecular weight excluding hydrogens is 331 g/mol. The first-order valence-corrected chi connectivity index (χ1v) is 6.50. The molecule has 0 spiro atoms. The zero-order valence-corrected chi connectivity index (χ0v) is 11.9. The van der Waals surface area contributed by atoms with Gasteiger partial charge in [-0.3, -0.25) is 4.79 Å². The van der Waals surface area contributed by atoms with Crippen molar-refractivity contribution in [3.63, 3.8) is 0 Å². The summed E-state index contributed by atoms with van der Waals surface area (Å²) in [6, 6.07) is 1.23. The number of rotatable bonds is 5. The minimum atomic E-state index is -2.67. The molecule has 0 saturated carbocycles. The van der Waals surface area contributed by atoms with Crippen LogP contribution in [0.5, 0.6) is 0 Å². The number of esters is 1. The third kappa shape index (κ3) is 3.88. The average Bonchev–Trinajstić information content (AvgIpc) is 2.30. The van der Waals surface area contributed by atoms with E-state index in [4.69, 9.17) is 16.3 Å². The summed E-state index contributed by atoms with van der Waals surface area (Å²) < 4.78 is 30.2. The Morgan fingerprint density at radius 3 is 2.78 bits per heavy atom. The fourth-order valence-corrected chi connectivity index (χ4v) is 2.11. The minimum absolute atomic E-state index is 0.0385. The second-order valence-corrected chi connectivity index (χ2v) is 4.41. The number of alkyl halides is 3. The predicted octanol–water partition coefficient (Wildman–Crippen LogP) is 3.63. The van der Waals surface area contributed by atoms with E-state index >= 15 is 0 Å². The van der Waals surface area contributed by atoms with Crippen molar-refractivity contribution in [1.29, 1.82) is 0 Å². The van der Waals surface area contributed by atoms with Crippen LogP contribution in [-0.4, -0.2) is 17.6 Å². The Morgan fingerprint density at radius 1 is 1.61 bits per heavy atom. The number of pyridine rings is 1. The third-order valence-electron chi connectivity index (χ3n) is 2.17. The van der Waals surface area contributed by atoms with Gasteiger partial charge in [-0.05, 0) is 34.5 Å². The van der Waals surface area contributed by atoms with Crippen molar-refractivity contribution in [2.24, 2.45) is 0 Å². The molecule has 0 aromatic carbocycles. The van der Waals surface area contributed by atoms with Crippen LogP contribution in [0.15, 0.2) is 10.7 Å². The van der Waals surface area contributed by atoms with Crippen molar-refractivity contribution in [3.8, 4) is 0 Å². The van der Waals surface area contributed by atoms with E-state index in [1.807, 2.05) is 0 Å². The van der Waals surface area contributed by atoms with Crippen molar-refractivity contribution < 1.29 is 18.3 Å². The lowest BCUT2D eigenvalue weighted by molar-refractivity contribution is -0.142. The van der Waals surface area contributed by atoms with Gasteiger partial charge < -0.3 is 4.74 Å². The topological polar surface area (TPSA) is 39.2 Å². The highest BCUT2D eigenvalue weighted by Gasteiger charge is 2.18. The quantitative estimate of drug-likeness (QED) is 0.466. The second kappa shape index (κ2) is 6.99. The summed E-state index contributed by atoms with van der Waals surface area (Å²) in [5, 5.41) is 0. The molecule has 0 aliphatic carbocycles. The first-order valence-electron chi connectivity index (χ1n) is 5.17. The van der Waals surface area contributed by atoms with E-state index in [-0.39, 0.29) is 29.1 Å². The molecule has 0 radical (unpaired) electrons. The molecule has 0 fully saturated rings.